The third-order valence-electron chi connectivity index (χ3n) is 5.03. The Morgan fingerprint density at radius 3 is 2.33 bits per heavy atom. The lowest BCUT2D eigenvalue weighted by molar-refractivity contribution is -0.119. The van der Waals surface area contributed by atoms with Crippen molar-refractivity contribution in [1.82, 2.24) is 20.4 Å². The molecule has 0 aliphatic rings. The molecule has 2 N–H and O–H groups in total. The van der Waals surface area contributed by atoms with Gasteiger partial charge in [0.1, 0.15) is 0 Å². The number of aryl methyl sites for hydroxylation is 1. The molecule has 0 saturated heterocycles. The summed E-state index contributed by atoms with van der Waals surface area (Å²) in [7, 11) is 0. The van der Waals surface area contributed by atoms with Gasteiger partial charge in [-0.15, -0.1) is 0 Å². The Labute approximate surface area is 194 Å². The number of para-hydroxylation sites is 1. The first-order chi connectivity index (χ1) is 16.1. The largest absolute Gasteiger partial charge is 0.272 e. The van der Waals surface area contributed by atoms with Gasteiger partial charge in [-0.05, 0) is 48.4 Å². The number of rotatable bonds is 6. The number of amides is 2. The minimum atomic E-state index is -0.417. The monoisotopic (exact) mass is 458 g/mol. The molecule has 0 aliphatic heterocycles. The first kappa shape index (κ1) is 22.3. The van der Waals surface area contributed by atoms with E-state index >= 15 is 0 Å². The lowest BCUT2D eigenvalue weighted by Gasteiger charge is -2.14. The fraction of sp³-hybridized carbons (Fsp3) is 0.120. The van der Waals surface area contributed by atoms with Crippen molar-refractivity contribution in [3.8, 4) is 5.69 Å². The standard InChI is InChI=1S/C25H22N4O3S/c1-2-17-12-14-19(15-13-17)29-24(32)20-10-6-7-11-21(20)26-25(29)33-16-22(30)27-28-23(31)18-8-4-3-5-9-18/h3-15H,2,16H2,1H3,(H,27,30)(H,28,31). The SMILES string of the molecule is CCc1ccc(-n2c(SCC(=O)NNC(=O)c3ccccc3)nc3ccccc3c2=O)cc1. The highest BCUT2D eigenvalue weighted by Crippen LogP contribution is 2.21. The first-order valence-electron chi connectivity index (χ1n) is 10.4. The van der Waals surface area contributed by atoms with Gasteiger partial charge in [0.05, 0.1) is 22.3 Å². The lowest BCUT2D eigenvalue weighted by Crippen LogP contribution is -2.42. The fourth-order valence-corrected chi connectivity index (χ4v) is 4.08. The van der Waals surface area contributed by atoms with E-state index in [1.807, 2.05) is 30.3 Å². The second-order valence-corrected chi connectivity index (χ2v) is 8.17. The molecule has 0 bridgehead atoms. The summed E-state index contributed by atoms with van der Waals surface area (Å²) in [5.74, 6) is -0.863. The van der Waals surface area contributed by atoms with Gasteiger partial charge in [0.2, 0.25) is 5.91 Å². The Bertz CT molecular complexity index is 1350. The van der Waals surface area contributed by atoms with Crippen molar-refractivity contribution in [2.45, 2.75) is 18.5 Å². The van der Waals surface area contributed by atoms with Gasteiger partial charge >= 0.3 is 0 Å². The number of hydrogen-bond donors (Lipinski definition) is 2. The second kappa shape index (κ2) is 10.1. The third-order valence-corrected chi connectivity index (χ3v) is 5.97. The number of fused-ring (bicyclic) bond motifs is 1. The first-order valence-corrected chi connectivity index (χ1v) is 11.4. The molecule has 0 aliphatic carbocycles. The topological polar surface area (TPSA) is 93.1 Å². The molecule has 0 unspecified atom stereocenters. The van der Waals surface area contributed by atoms with E-state index in [1.54, 1.807) is 48.5 Å². The summed E-state index contributed by atoms with van der Waals surface area (Å²) in [6, 6.07) is 23.4. The van der Waals surface area contributed by atoms with Gasteiger partial charge in [0, 0.05) is 5.56 Å². The molecule has 0 fully saturated rings. The van der Waals surface area contributed by atoms with Crippen LogP contribution in [0.1, 0.15) is 22.8 Å². The molecule has 0 radical (unpaired) electrons. The summed E-state index contributed by atoms with van der Waals surface area (Å²) in [4.78, 5) is 42.4. The number of hydrogen-bond acceptors (Lipinski definition) is 5. The molecule has 166 valence electrons. The normalized spacial score (nSPS) is 10.7. The number of carbonyl (C=O) groups excluding carboxylic acids is 2. The molecular formula is C25H22N4O3S. The Hall–Kier alpha value is -3.91. The van der Waals surface area contributed by atoms with Crippen molar-refractivity contribution in [3.63, 3.8) is 0 Å². The van der Waals surface area contributed by atoms with Crippen LogP contribution in [0.2, 0.25) is 0 Å². The van der Waals surface area contributed by atoms with Crippen molar-refractivity contribution < 1.29 is 9.59 Å². The van der Waals surface area contributed by atoms with E-state index in [1.165, 1.54) is 4.57 Å². The molecule has 0 spiro atoms. The maximum atomic E-state index is 13.3. The van der Waals surface area contributed by atoms with E-state index in [4.69, 9.17) is 0 Å². The van der Waals surface area contributed by atoms with Crippen LogP contribution in [0, 0.1) is 0 Å². The van der Waals surface area contributed by atoms with Gasteiger partial charge in [-0.1, -0.05) is 61.2 Å². The zero-order chi connectivity index (χ0) is 23.2. The van der Waals surface area contributed by atoms with Crippen LogP contribution < -0.4 is 16.4 Å². The Balaban J connectivity index is 1.55. The summed E-state index contributed by atoms with van der Waals surface area (Å²) in [5, 5.41) is 0.897. The summed E-state index contributed by atoms with van der Waals surface area (Å²) >= 11 is 1.12. The minimum absolute atomic E-state index is 0.0348. The summed E-state index contributed by atoms with van der Waals surface area (Å²) in [5.41, 5.74) is 7.42. The molecule has 3 aromatic carbocycles. The van der Waals surface area contributed by atoms with Crippen LogP contribution in [0.3, 0.4) is 0 Å². The van der Waals surface area contributed by atoms with Gasteiger partial charge in [-0.25, -0.2) is 4.98 Å². The molecule has 0 saturated carbocycles. The average Bonchev–Trinajstić information content (AvgIpc) is 2.87. The van der Waals surface area contributed by atoms with Crippen molar-refractivity contribution in [1.29, 1.82) is 0 Å². The van der Waals surface area contributed by atoms with Crippen LogP contribution >= 0.6 is 11.8 Å². The molecule has 1 aromatic heterocycles. The van der Waals surface area contributed by atoms with E-state index in [0.717, 1.165) is 23.7 Å². The quantitative estimate of drug-likeness (QED) is 0.262. The highest BCUT2D eigenvalue weighted by Gasteiger charge is 2.15. The third kappa shape index (κ3) is 5.12. The van der Waals surface area contributed by atoms with E-state index in [9.17, 15) is 14.4 Å². The van der Waals surface area contributed by atoms with E-state index in [2.05, 4.69) is 22.8 Å². The number of carbonyl (C=O) groups is 2. The molecule has 2 amide bonds. The smallest absolute Gasteiger partial charge is 0.269 e. The summed E-state index contributed by atoms with van der Waals surface area (Å²) < 4.78 is 1.52. The zero-order valence-electron chi connectivity index (χ0n) is 17.9. The van der Waals surface area contributed by atoms with Gasteiger partial charge in [-0.3, -0.25) is 29.8 Å². The molecular weight excluding hydrogens is 436 g/mol. The van der Waals surface area contributed by atoms with Crippen LogP contribution in [0.15, 0.2) is 88.8 Å². The van der Waals surface area contributed by atoms with Gasteiger partial charge < -0.3 is 0 Å². The predicted molar refractivity (Wildman–Crippen MR) is 129 cm³/mol. The highest BCUT2D eigenvalue weighted by molar-refractivity contribution is 7.99. The maximum absolute atomic E-state index is 13.3. The van der Waals surface area contributed by atoms with Crippen LogP contribution in [0.5, 0.6) is 0 Å². The van der Waals surface area contributed by atoms with Gasteiger partial charge in [-0.2, -0.15) is 0 Å². The predicted octanol–water partition coefficient (Wildman–Crippen LogP) is 3.50. The van der Waals surface area contributed by atoms with Crippen LogP contribution in [0.4, 0.5) is 0 Å². The minimum Gasteiger partial charge on any atom is -0.272 e. The molecule has 0 atom stereocenters. The fourth-order valence-electron chi connectivity index (χ4n) is 3.27. The highest BCUT2D eigenvalue weighted by atomic mass is 32.2. The maximum Gasteiger partial charge on any atom is 0.269 e. The van der Waals surface area contributed by atoms with Crippen molar-refractivity contribution >= 4 is 34.5 Å². The Morgan fingerprint density at radius 2 is 1.61 bits per heavy atom. The Kier molecular flexibility index (Phi) is 6.85. The number of benzene rings is 3. The lowest BCUT2D eigenvalue weighted by atomic mass is 10.1. The van der Waals surface area contributed by atoms with E-state index < -0.39 is 11.8 Å². The van der Waals surface area contributed by atoms with Gasteiger partial charge in [0.15, 0.2) is 5.16 Å². The van der Waals surface area contributed by atoms with Crippen molar-refractivity contribution in [2.24, 2.45) is 0 Å². The molecule has 4 rings (SSSR count). The zero-order valence-corrected chi connectivity index (χ0v) is 18.8. The number of nitrogens with one attached hydrogen (secondary N) is 2. The van der Waals surface area contributed by atoms with Crippen LogP contribution in [-0.2, 0) is 11.2 Å². The molecule has 1 heterocycles. The van der Waals surface area contributed by atoms with Crippen molar-refractivity contribution in [3.05, 3.63) is 100 Å². The summed E-state index contributed by atoms with van der Waals surface area (Å²) in [6.45, 7) is 2.06. The molecule has 8 heteroatoms. The van der Waals surface area contributed by atoms with Crippen LogP contribution in [-0.4, -0.2) is 27.1 Å². The Morgan fingerprint density at radius 1 is 0.909 bits per heavy atom. The van der Waals surface area contributed by atoms with Gasteiger partial charge in [0.25, 0.3) is 11.5 Å². The number of aromatic nitrogens is 2. The number of nitrogens with zero attached hydrogens (tertiary/aromatic N) is 2. The second-order valence-electron chi connectivity index (χ2n) is 7.23. The molecule has 4 aromatic rings. The molecule has 7 nitrogen and oxygen atoms in total. The average molecular weight is 459 g/mol. The number of hydrazine groups is 1. The van der Waals surface area contributed by atoms with E-state index in [-0.39, 0.29) is 11.3 Å². The molecule has 33 heavy (non-hydrogen) atoms. The van der Waals surface area contributed by atoms with Crippen LogP contribution in [0.25, 0.3) is 16.6 Å². The van der Waals surface area contributed by atoms with E-state index in [0.29, 0.717) is 27.3 Å². The van der Waals surface area contributed by atoms with Crippen molar-refractivity contribution in [2.75, 3.05) is 5.75 Å². The number of thioether (sulfide) groups is 1. The summed E-state index contributed by atoms with van der Waals surface area (Å²) in [6.07, 6.45) is 0.891.